The number of nitrogens with zero attached hydrogens (tertiary/aromatic N) is 3. The van der Waals surface area contributed by atoms with Crippen LogP contribution < -0.4 is 10.1 Å². The number of hydrogen-bond acceptors (Lipinski definition) is 6. The van der Waals surface area contributed by atoms with E-state index in [9.17, 15) is 9.59 Å². The summed E-state index contributed by atoms with van der Waals surface area (Å²) in [7, 11) is 1.62. The highest BCUT2D eigenvalue weighted by atomic mass is 16.5. The third kappa shape index (κ3) is 7.38. The minimum atomic E-state index is 0.0295. The van der Waals surface area contributed by atoms with Gasteiger partial charge in [0.2, 0.25) is 11.8 Å². The van der Waals surface area contributed by atoms with Crippen molar-refractivity contribution in [2.24, 2.45) is 11.8 Å². The molecule has 1 saturated heterocycles. The van der Waals surface area contributed by atoms with Gasteiger partial charge in [0.05, 0.1) is 13.2 Å². The second-order valence-corrected chi connectivity index (χ2v) is 9.45. The Kier molecular flexibility index (Phi) is 9.47. The predicted molar refractivity (Wildman–Crippen MR) is 137 cm³/mol. The number of para-hydroxylation sites is 1. The van der Waals surface area contributed by atoms with Crippen molar-refractivity contribution in [1.29, 1.82) is 0 Å². The van der Waals surface area contributed by atoms with Crippen LogP contribution in [0.25, 0.3) is 0 Å². The monoisotopic (exact) mass is 492 g/mol. The summed E-state index contributed by atoms with van der Waals surface area (Å²) in [6.45, 7) is 4.28. The second-order valence-electron chi connectivity index (χ2n) is 9.45. The highest BCUT2D eigenvalue weighted by molar-refractivity contribution is 5.79. The number of pyridine rings is 1. The first-order chi connectivity index (χ1) is 17.6. The van der Waals surface area contributed by atoms with Gasteiger partial charge in [-0.1, -0.05) is 30.4 Å². The summed E-state index contributed by atoms with van der Waals surface area (Å²) in [5, 5.41) is 2.93. The Morgan fingerprint density at radius 3 is 2.86 bits per heavy atom. The molecule has 2 bridgehead atoms. The standard InChI is InChI=1S/C28H36N4O4/c1-35-16-13-30-27(33)17-23-10-14-32-20-24(23)6-4-15-36-26-7-3-2-5-25(26)19-31(21-28(32)34)18-22-8-11-29-12-9-22/h2-9,11-12,23-24H,10,13-21H2,1H3,(H,30,33)/t23-,24-/m0/s1. The van der Waals surface area contributed by atoms with Crippen molar-refractivity contribution in [1.82, 2.24) is 20.1 Å². The number of amides is 2. The van der Waals surface area contributed by atoms with Gasteiger partial charge in [-0.2, -0.15) is 0 Å². The van der Waals surface area contributed by atoms with E-state index in [2.05, 4.69) is 27.3 Å². The molecule has 2 aliphatic rings. The van der Waals surface area contributed by atoms with Crippen LogP contribution in [-0.2, 0) is 27.4 Å². The molecule has 2 aromatic rings. The third-order valence-corrected chi connectivity index (χ3v) is 6.83. The quantitative estimate of drug-likeness (QED) is 0.473. The lowest BCUT2D eigenvalue weighted by atomic mass is 9.82. The molecule has 8 nitrogen and oxygen atoms in total. The smallest absolute Gasteiger partial charge is 0.236 e. The largest absolute Gasteiger partial charge is 0.489 e. The van der Waals surface area contributed by atoms with Crippen LogP contribution in [0.1, 0.15) is 24.0 Å². The molecule has 0 unspecified atom stereocenters. The number of nitrogens with one attached hydrogen (secondary N) is 1. The van der Waals surface area contributed by atoms with Crippen LogP contribution in [0, 0.1) is 11.8 Å². The Bertz CT molecular complexity index is 1030. The molecule has 0 spiro atoms. The summed E-state index contributed by atoms with van der Waals surface area (Å²) in [4.78, 5) is 34.2. The average Bonchev–Trinajstić information content (AvgIpc) is 2.89. The number of fused-ring (bicyclic) bond motifs is 3. The number of benzene rings is 1. The second kappa shape index (κ2) is 13.2. The summed E-state index contributed by atoms with van der Waals surface area (Å²) in [5.74, 6) is 1.25. The van der Waals surface area contributed by atoms with E-state index in [0.717, 1.165) is 23.3 Å². The van der Waals surface area contributed by atoms with Crippen molar-refractivity contribution in [3.05, 3.63) is 72.1 Å². The first kappa shape index (κ1) is 25.9. The van der Waals surface area contributed by atoms with Crippen LogP contribution in [0.2, 0.25) is 0 Å². The minimum absolute atomic E-state index is 0.0295. The molecule has 1 aromatic heterocycles. The van der Waals surface area contributed by atoms with Gasteiger partial charge in [0.25, 0.3) is 0 Å². The van der Waals surface area contributed by atoms with Crippen LogP contribution in [0.15, 0.2) is 60.9 Å². The molecule has 1 aromatic carbocycles. The fraction of sp³-hybridized carbons (Fsp3) is 0.464. The van der Waals surface area contributed by atoms with E-state index in [1.807, 2.05) is 41.3 Å². The zero-order valence-corrected chi connectivity index (χ0v) is 21.0. The molecular formula is C28H36N4O4. The first-order valence-corrected chi connectivity index (χ1v) is 12.6. The van der Waals surface area contributed by atoms with E-state index in [1.165, 1.54) is 0 Å². The zero-order chi connectivity index (χ0) is 25.2. The number of carbonyl (C=O) groups is 2. The van der Waals surface area contributed by atoms with Crippen molar-refractivity contribution in [2.45, 2.75) is 25.9 Å². The summed E-state index contributed by atoms with van der Waals surface area (Å²) in [6, 6.07) is 12.0. The summed E-state index contributed by atoms with van der Waals surface area (Å²) in [6.07, 6.45) is 8.95. The normalized spacial score (nSPS) is 20.9. The SMILES string of the molecule is COCCNC(=O)C[C@@H]1CCN2C[C@@H]1C=CCOc1ccccc1CN(Cc1ccncc1)CC2=O. The average molecular weight is 493 g/mol. The maximum absolute atomic E-state index is 13.5. The number of carbonyl (C=O) groups excluding carboxylic acids is 2. The summed E-state index contributed by atoms with van der Waals surface area (Å²) >= 11 is 0. The molecule has 2 aliphatic heterocycles. The highest BCUT2D eigenvalue weighted by Gasteiger charge is 2.32. The maximum Gasteiger partial charge on any atom is 0.236 e. The number of aromatic nitrogens is 1. The van der Waals surface area contributed by atoms with Gasteiger partial charge in [0, 0.05) is 64.2 Å². The Hall–Kier alpha value is -3.23. The molecule has 0 radical (unpaired) electrons. The van der Waals surface area contributed by atoms with Gasteiger partial charge in [-0.05, 0) is 42.0 Å². The lowest BCUT2D eigenvalue weighted by molar-refractivity contribution is -0.135. The molecule has 3 heterocycles. The molecule has 8 heteroatoms. The summed E-state index contributed by atoms with van der Waals surface area (Å²) < 4.78 is 11.2. The Labute approximate surface area is 213 Å². The Morgan fingerprint density at radius 2 is 2.03 bits per heavy atom. The van der Waals surface area contributed by atoms with Gasteiger partial charge in [0.15, 0.2) is 0 Å². The van der Waals surface area contributed by atoms with Crippen molar-refractivity contribution < 1.29 is 19.1 Å². The van der Waals surface area contributed by atoms with E-state index >= 15 is 0 Å². The van der Waals surface area contributed by atoms with Crippen LogP contribution in [-0.4, -0.2) is 73.1 Å². The minimum Gasteiger partial charge on any atom is -0.489 e. The third-order valence-electron chi connectivity index (χ3n) is 6.83. The van der Waals surface area contributed by atoms with E-state index < -0.39 is 0 Å². The van der Waals surface area contributed by atoms with Crippen LogP contribution in [0.5, 0.6) is 5.75 Å². The number of piperidine rings is 1. The molecule has 1 fully saturated rings. The number of methoxy groups -OCH3 is 1. The molecule has 2 atom stereocenters. The molecule has 36 heavy (non-hydrogen) atoms. The number of ether oxygens (including phenoxy) is 2. The zero-order valence-electron chi connectivity index (χ0n) is 21.0. The van der Waals surface area contributed by atoms with Gasteiger partial charge < -0.3 is 19.7 Å². The first-order valence-electron chi connectivity index (χ1n) is 12.6. The van der Waals surface area contributed by atoms with Gasteiger partial charge in [-0.25, -0.2) is 0 Å². The number of rotatable bonds is 7. The lowest BCUT2D eigenvalue weighted by Crippen LogP contribution is -2.47. The maximum atomic E-state index is 13.5. The van der Waals surface area contributed by atoms with Crippen molar-refractivity contribution in [2.75, 3.05) is 46.5 Å². The van der Waals surface area contributed by atoms with Crippen molar-refractivity contribution in [3.63, 3.8) is 0 Å². The van der Waals surface area contributed by atoms with E-state index in [1.54, 1.807) is 19.5 Å². The van der Waals surface area contributed by atoms with Crippen LogP contribution in [0.3, 0.4) is 0 Å². The molecule has 1 N–H and O–H groups in total. The fourth-order valence-electron chi connectivity index (χ4n) is 4.92. The molecule has 4 rings (SSSR count). The van der Waals surface area contributed by atoms with Gasteiger partial charge in [0.1, 0.15) is 12.4 Å². The van der Waals surface area contributed by atoms with E-state index in [0.29, 0.717) is 58.9 Å². The van der Waals surface area contributed by atoms with Crippen LogP contribution >= 0.6 is 0 Å². The number of hydrogen-bond donors (Lipinski definition) is 1. The molecular weight excluding hydrogens is 456 g/mol. The van der Waals surface area contributed by atoms with E-state index in [-0.39, 0.29) is 23.7 Å². The fourth-order valence-corrected chi connectivity index (χ4v) is 4.92. The lowest BCUT2D eigenvalue weighted by Gasteiger charge is -2.38. The topological polar surface area (TPSA) is 84.0 Å². The molecule has 0 aliphatic carbocycles. The van der Waals surface area contributed by atoms with Gasteiger partial charge in [-0.3, -0.25) is 19.5 Å². The Morgan fingerprint density at radius 1 is 1.19 bits per heavy atom. The van der Waals surface area contributed by atoms with Gasteiger partial charge >= 0.3 is 0 Å². The highest BCUT2D eigenvalue weighted by Crippen LogP contribution is 2.29. The predicted octanol–water partition coefficient (Wildman–Crippen LogP) is 2.65. The molecule has 192 valence electrons. The van der Waals surface area contributed by atoms with Gasteiger partial charge in [-0.15, -0.1) is 0 Å². The Balaban J connectivity index is 1.52. The van der Waals surface area contributed by atoms with Crippen molar-refractivity contribution >= 4 is 11.8 Å². The van der Waals surface area contributed by atoms with Crippen LogP contribution in [0.4, 0.5) is 0 Å². The molecule has 2 amide bonds. The molecule has 0 saturated carbocycles. The van der Waals surface area contributed by atoms with E-state index in [4.69, 9.17) is 9.47 Å². The summed E-state index contributed by atoms with van der Waals surface area (Å²) in [5.41, 5.74) is 2.16. The van der Waals surface area contributed by atoms with Crippen molar-refractivity contribution in [3.8, 4) is 5.75 Å².